The highest BCUT2D eigenvalue weighted by Crippen LogP contribution is 2.27. The average Bonchev–Trinajstić information content (AvgIpc) is 3.48. The van der Waals surface area contributed by atoms with Crippen LogP contribution in [0.2, 0.25) is 10.0 Å². The second-order valence-electron chi connectivity index (χ2n) is 10.5. The number of nitrogens with one attached hydrogen (secondary N) is 1. The summed E-state index contributed by atoms with van der Waals surface area (Å²) in [6.07, 6.45) is 3.34. The molecule has 3 heterocycles. The monoisotopic (exact) mass is 624 g/mol. The summed E-state index contributed by atoms with van der Waals surface area (Å²) < 4.78 is 3.40. The molecule has 1 aliphatic heterocycles. The zero-order valence-corrected chi connectivity index (χ0v) is 25.2. The number of rotatable bonds is 6. The summed E-state index contributed by atoms with van der Waals surface area (Å²) in [4.78, 5) is 41.5. The van der Waals surface area contributed by atoms with E-state index >= 15 is 0 Å². The Hall–Kier alpha value is -4.91. The molecule has 9 nitrogen and oxygen atoms in total. The van der Waals surface area contributed by atoms with Gasteiger partial charge in [0.15, 0.2) is 0 Å². The van der Waals surface area contributed by atoms with E-state index in [9.17, 15) is 14.4 Å². The third kappa shape index (κ3) is 5.34. The largest absolute Gasteiger partial charge is 0.355 e. The summed E-state index contributed by atoms with van der Waals surface area (Å²) >= 11 is 12.2. The van der Waals surface area contributed by atoms with Crippen LogP contribution in [0.5, 0.6) is 0 Å². The minimum Gasteiger partial charge on any atom is -0.355 e. The molecule has 0 radical (unpaired) electrons. The van der Waals surface area contributed by atoms with E-state index in [2.05, 4.69) is 11.4 Å². The number of carbonyl (C=O) groups is 2. The Morgan fingerprint density at radius 2 is 1.70 bits per heavy atom. The van der Waals surface area contributed by atoms with Crippen LogP contribution in [0.3, 0.4) is 0 Å². The lowest BCUT2D eigenvalue weighted by molar-refractivity contribution is 0.0729. The normalized spacial score (nSPS) is 12.5. The fraction of sp³-hybridized carbons (Fsp3) is 0.182. The molecule has 5 aromatic rings. The van der Waals surface area contributed by atoms with Crippen molar-refractivity contribution in [1.29, 1.82) is 5.26 Å². The van der Waals surface area contributed by atoms with Gasteiger partial charge in [-0.2, -0.15) is 10.4 Å². The van der Waals surface area contributed by atoms with Crippen molar-refractivity contribution in [3.63, 3.8) is 0 Å². The molecule has 2 amide bonds. The second kappa shape index (κ2) is 12.0. The molecule has 2 aromatic heterocycles. The van der Waals surface area contributed by atoms with E-state index in [0.717, 1.165) is 11.1 Å². The van der Waals surface area contributed by atoms with E-state index in [4.69, 9.17) is 33.6 Å². The van der Waals surface area contributed by atoms with Crippen molar-refractivity contribution < 1.29 is 9.59 Å². The summed E-state index contributed by atoms with van der Waals surface area (Å²) in [5.74, 6) is -0.441. The Morgan fingerprint density at radius 3 is 2.39 bits per heavy atom. The van der Waals surface area contributed by atoms with Crippen LogP contribution in [0.15, 0.2) is 77.7 Å². The zero-order chi connectivity index (χ0) is 31.0. The number of aryl methyl sites for hydroxylation is 2. The number of benzene rings is 3. The molecule has 0 bridgehead atoms. The van der Waals surface area contributed by atoms with Crippen LogP contribution in [0.1, 0.15) is 48.7 Å². The van der Waals surface area contributed by atoms with E-state index in [0.29, 0.717) is 75.1 Å². The summed E-state index contributed by atoms with van der Waals surface area (Å²) in [6, 6.07) is 21.2. The maximum atomic E-state index is 14.2. The lowest BCUT2D eigenvalue weighted by Crippen LogP contribution is -2.41. The average molecular weight is 626 g/mol. The molecule has 220 valence electrons. The minimum absolute atomic E-state index is 0.188. The van der Waals surface area contributed by atoms with E-state index in [1.165, 1.54) is 0 Å². The number of carbonyl (C=O) groups excluding carboxylic acids is 2. The summed E-state index contributed by atoms with van der Waals surface area (Å²) in [5, 5.41) is 17.1. The maximum Gasteiger partial charge on any atom is 0.261 e. The molecule has 0 spiro atoms. The number of hydrogen-bond donors (Lipinski definition) is 1. The molecule has 0 atom stereocenters. The summed E-state index contributed by atoms with van der Waals surface area (Å²) in [6.45, 7) is 0.530. The van der Waals surface area contributed by atoms with Gasteiger partial charge >= 0.3 is 0 Å². The van der Waals surface area contributed by atoms with Gasteiger partial charge in [-0.15, -0.1) is 0 Å². The third-order valence-corrected chi connectivity index (χ3v) is 8.64. The van der Waals surface area contributed by atoms with Gasteiger partial charge in [0, 0.05) is 35.8 Å². The van der Waals surface area contributed by atoms with Gasteiger partial charge in [-0.3, -0.25) is 19.0 Å². The quantitative estimate of drug-likeness (QED) is 0.285. The van der Waals surface area contributed by atoms with Crippen molar-refractivity contribution in [1.82, 2.24) is 24.4 Å². The number of nitriles is 1. The van der Waals surface area contributed by atoms with Crippen LogP contribution in [-0.2, 0) is 25.8 Å². The molecule has 0 aliphatic carbocycles. The smallest absolute Gasteiger partial charge is 0.261 e. The maximum absolute atomic E-state index is 14.2. The highest BCUT2D eigenvalue weighted by atomic mass is 35.5. The van der Waals surface area contributed by atoms with Gasteiger partial charge in [0.25, 0.3) is 17.4 Å². The minimum atomic E-state index is -0.223. The van der Waals surface area contributed by atoms with Gasteiger partial charge in [0.1, 0.15) is 5.65 Å². The molecule has 11 heteroatoms. The van der Waals surface area contributed by atoms with Gasteiger partial charge in [0.2, 0.25) is 0 Å². The van der Waals surface area contributed by atoms with Crippen molar-refractivity contribution in [2.24, 2.45) is 0 Å². The van der Waals surface area contributed by atoms with Crippen LogP contribution in [0, 0.1) is 11.3 Å². The topological polar surface area (TPSA) is 112 Å². The van der Waals surface area contributed by atoms with Crippen molar-refractivity contribution >= 4 is 40.7 Å². The first kappa shape index (κ1) is 29.2. The molecular weight excluding hydrogens is 599 g/mol. The SMILES string of the molecule is CNC(=O)c1ccc(-n2c(=O)c3c(n4ncc(CCc5ccc(C#N)cc5)c24)CN(C(=O)c2ccc(Cl)c(Cl)c2)CC3)cc1. The predicted octanol–water partition coefficient (Wildman–Crippen LogP) is 5.01. The second-order valence-corrected chi connectivity index (χ2v) is 11.3. The summed E-state index contributed by atoms with van der Waals surface area (Å²) in [5.41, 5.74) is 5.59. The first-order chi connectivity index (χ1) is 21.3. The van der Waals surface area contributed by atoms with Crippen molar-refractivity contribution in [2.45, 2.75) is 25.8 Å². The van der Waals surface area contributed by atoms with Crippen LogP contribution in [-0.4, -0.2) is 44.5 Å². The molecule has 44 heavy (non-hydrogen) atoms. The Labute approximate surface area is 262 Å². The van der Waals surface area contributed by atoms with E-state index in [-0.39, 0.29) is 23.9 Å². The highest BCUT2D eigenvalue weighted by Gasteiger charge is 2.29. The van der Waals surface area contributed by atoms with Crippen molar-refractivity contribution in [3.05, 3.63) is 132 Å². The van der Waals surface area contributed by atoms with Gasteiger partial charge in [0.05, 0.1) is 45.8 Å². The van der Waals surface area contributed by atoms with Gasteiger partial charge in [-0.05, 0) is 79.4 Å². The number of hydrogen-bond acceptors (Lipinski definition) is 5. The Balaban J connectivity index is 1.44. The zero-order valence-electron chi connectivity index (χ0n) is 23.7. The van der Waals surface area contributed by atoms with E-state index in [1.54, 1.807) is 81.8 Å². The lowest BCUT2D eigenvalue weighted by Gasteiger charge is -2.30. The van der Waals surface area contributed by atoms with E-state index < -0.39 is 0 Å². The van der Waals surface area contributed by atoms with E-state index in [1.807, 2.05) is 12.1 Å². The first-order valence-corrected chi connectivity index (χ1v) is 14.7. The van der Waals surface area contributed by atoms with Crippen LogP contribution >= 0.6 is 23.2 Å². The molecule has 6 rings (SSSR count). The number of halogens is 2. The first-order valence-electron chi connectivity index (χ1n) is 14.0. The van der Waals surface area contributed by atoms with Crippen molar-refractivity contribution in [3.8, 4) is 11.8 Å². The lowest BCUT2D eigenvalue weighted by atomic mass is 10.0. The fourth-order valence-electron chi connectivity index (χ4n) is 5.55. The fourth-order valence-corrected chi connectivity index (χ4v) is 5.84. The molecule has 0 fully saturated rings. The molecule has 1 N–H and O–H groups in total. The molecule has 0 saturated heterocycles. The number of aromatic nitrogens is 3. The Bertz CT molecular complexity index is 2020. The van der Waals surface area contributed by atoms with Crippen molar-refractivity contribution in [2.75, 3.05) is 13.6 Å². The van der Waals surface area contributed by atoms with Crippen LogP contribution < -0.4 is 10.9 Å². The number of nitrogens with zero attached hydrogens (tertiary/aromatic N) is 5. The van der Waals surface area contributed by atoms with Gasteiger partial charge in [-0.25, -0.2) is 4.52 Å². The predicted molar refractivity (Wildman–Crippen MR) is 168 cm³/mol. The van der Waals surface area contributed by atoms with Crippen LogP contribution in [0.4, 0.5) is 0 Å². The van der Waals surface area contributed by atoms with Crippen LogP contribution in [0.25, 0.3) is 11.3 Å². The molecule has 0 unspecified atom stereocenters. The number of amides is 2. The molecule has 3 aromatic carbocycles. The highest BCUT2D eigenvalue weighted by molar-refractivity contribution is 6.42. The molecular formula is C33H26Cl2N6O3. The Kier molecular flexibility index (Phi) is 7.95. The standard InChI is InChI=1S/C33H26Cl2N6O3/c1-37-30(42)22-8-11-25(12-9-22)40-31-24(7-6-20-2-4-21(17-36)5-3-20)18-38-41(31)29-19-39(15-14-26(29)33(40)44)32(43)23-10-13-27(34)28(35)16-23/h2-5,8-13,16,18H,6-7,14-15,19H2,1H3,(H,37,42). The Morgan fingerprint density at radius 1 is 0.977 bits per heavy atom. The van der Waals surface area contributed by atoms with Gasteiger partial charge < -0.3 is 10.2 Å². The number of fused-ring (bicyclic) bond motifs is 3. The third-order valence-electron chi connectivity index (χ3n) is 7.90. The van der Waals surface area contributed by atoms with Gasteiger partial charge in [-0.1, -0.05) is 35.3 Å². The summed E-state index contributed by atoms with van der Waals surface area (Å²) in [7, 11) is 1.57. The molecule has 0 saturated carbocycles. The molecule has 1 aliphatic rings.